The van der Waals surface area contributed by atoms with Crippen molar-refractivity contribution >= 4 is 37.5 Å². The average Bonchev–Trinajstić information content (AvgIpc) is 2.62. The van der Waals surface area contributed by atoms with Crippen molar-refractivity contribution in [1.82, 2.24) is 4.72 Å². The molecule has 0 fully saturated rings. The molecule has 0 heterocycles. The van der Waals surface area contributed by atoms with Gasteiger partial charge in [0.05, 0.1) is 32.2 Å². The Kier molecular flexibility index (Phi) is 7.01. The SMILES string of the molecule is COc1ccc(NC(=O)CNS(=O)(=O)Cc2ccccc2Br)c(OC)c1. The number of carbonyl (C=O) groups is 1. The smallest absolute Gasteiger partial charge is 0.239 e. The van der Waals surface area contributed by atoms with Gasteiger partial charge < -0.3 is 14.8 Å². The predicted octanol–water partition coefficient (Wildman–Crippen LogP) is 2.52. The number of sulfonamides is 1. The van der Waals surface area contributed by atoms with Crippen LogP contribution in [0.2, 0.25) is 0 Å². The van der Waals surface area contributed by atoms with Gasteiger partial charge in [0.15, 0.2) is 0 Å². The fourth-order valence-corrected chi connectivity index (χ4v) is 3.87. The number of hydrogen-bond donors (Lipinski definition) is 2. The molecule has 0 aromatic heterocycles. The molecular formula is C17H19BrN2O5S. The summed E-state index contributed by atoms with van der Waals surface area (Å²) in [4.78, 5) is 12.1. The molecule has 0 saturated carbocycles. The zero-order valence-electron chi connectivity index (χ0n) is 14.3. The van der Waals surface area contributed by atoms with Gasteiger partial charge in [-0.2, -0.15) is 0 Å². The van der Waals surface area contributed by atoms with Crippen LogP contribution in [0.25, 0.3) is 0 Å². The van der Waals surface area contributed by atoms with E-state index in [-0.39, 0.29) is 12.3 Å². The van der Waals surface area contributed by atoms with E-state index in [1.165, 1.54) is 14.2 Å². The van der Waals surface area contributed by atoms with E-state index in [1.807, 2.05) is 0 Å². The number of methoxy groups -OCH3 is 2. The maximum absolute atomic E-state index is 12.2. The summed E-state index contributed by atoms with van der Waals surface area (Å²) < 4.78 is 37.6. The topological polar surface area (TPSA) is 93.7 Å². The van der Waals surface area contributed by atoms with Crippen LogP contribution in [-0.4, -0.2) is 35.1 Å². The molecule has 2 N–H and O–H groups in total. The molecule has 7 nitrogen and oxygen atoms in total. The quantitative estimate of drug-likeness (QED) is 0.654. The van der Waals surface area contributed by atoms with E-state index in [1.54, 1.807) is 42.5 Å². The first-order chi connectivity index (χ1) is 12.3. The molecule has 0 atom stereocenters. The van der Waals surface area contributed by atoms with Crippen molar-refractivity contribution in [2.75, 3.05) is 26.1 Å². The number of halogens is 1. The van der Waals surface area contributed by atoms with E-state index in [2.05, 4.69) is 26.0 Å². The van der Waals surface area contributed by atoms with Gasteiger partial charge in [0.1, 0.15) is 11.5 Å². The van der Waals surface area contributed by atoms with Crippen LogP contribution in [-0.2, 0) is 20.6 Å². The second kappa shape index (κ2) is 9.02. The number of nitrogens with one attached hydrogen (secondary N) is 2. The van der Waals surface area contributed by atoms with Crippen molar-refractivity contribution in [1.29, 1.82) is 0 Å². The van der Waals surface area contributed by atoms with Crippen LogP contribution in [0, 0.1) is 0 Å². The van der Waals surface area contributed by atoms with Gasteiger partial charge in [-0.1, -0.05) is 34.1 Å². The standard InChI is InChI=1S/C17H19BrN2O5S/c1-24-13-7-8-15(16(9-13)25-2)20-17(21)10-19-26(22,23)11-12-5-3-4-6-14(12)18/h3-9,19H,10-11H2,1-2H3,(H,20,21). The molecule has 2 rings (SSSR count). The van der Waals surface area contributed by atoms with Gasteiger partial charge in [-0.05, 0) is 23.8 Å². The molecule has 0 aliphatic carbocycles. The Morgan fingerprint density at radius 1 is 1.12 bits per heavy atom. The molecule has 0 unspecified atom stereocenters. The molecule has 1 amide bonds. The molecule has 0 spiro atoms. The molecule has 0 saturated heterocycles. The van der Waals surface area contributed by atoms with Gasteiger partial charge in [0.25, 0.3) is 0 Å². The molecule has 0 aliphatic heterocycles. The molecule has 140 valence electrons. The molecule has 9 heteroatoms. The van der Waals surface area contributed by atoms with Crippen molar-refractivity contribution in [3.63, 3.8) is 0 Å². The predicted molar refractivity (Wildman–Crippen MR) is 103 cm³/mol. The van der Waals surface area contributed by atoms with E-state index in [0.29, 0.717) is 27.2 Å². The van der Waals surface area contributed by atoms with Crippen LogP contribution in [0.4, 0.5) is 5.69 Å². The van der Waals surface area contributed by atoms with Gasteiger partial charge in [0, 0.05) is 10.5 Å². The van der Waals surface area contributed by atoms with Gasteiger partial charge in [-0.15, -0.1) is 0 Å². The van der Waals surface area contributed by atoms with Gasteiger partial charge in [-0.25, -0.2) is 13.1 Å². The summed E-state index contributed by atoms with van der Waals surface area (Å²) in [5.74, 6) is 0.250. The van der Waals surface area contributed by atoms with E-state index < -0.39 is 15.9 Å². The minimum absolute atomic E-state index is 0.229. The molecule has 0 bridgehead atoms. The van der Waals surface area contributed by atoms with E-state index in [9.17, 15) is 13.2 Å². The molecule has 0 aliphatic rings. The Morgan fingerprint density at radius 2 is 1.85 bits per heavy atom. The van der Waals surface area contributed by atoms with Crippen molar-refractivity contribution in [3.8, 4) is 11.5 Å². The number of amides is 1. The van der Waals surface area contributed by atoms with Gasteiger partial charge >= 0.3 is 0 Å². The summed E-state index contributed by atoms with van der Waals surface area (Å²) in [6, 6.07) is 11.9. The number of benzene rings is 2. The maximum atomic E-state index is 12.2. The zero-order chi connectivity index (χ0) is 19.2. The van der Waals surface area contributed by atoms with Crippen LogP contribution in [0.5, 0.6) is 11.5 Å². The largest absolute Gasteiger partial charge is 0.497 e. The fourth-order valence-electron chi connectivity index (χ4n) is 2.14. The number of anilines is 1. The minimum Gasteiger partial charge on any atom is -0.497 e. The Hall–Kier alpha value is -2.10. The highest BCUT2D eigenvalue weighted by Crippen LogP contribution is 2.28. The van der Waals surface area contributed by atoms with Crippen LogP contribution in [0.3, 0.4) is 0 Å². The van der Waals surface area contributed by atoms with Crippen LogP contribution >= 0.6 is 15.9 Å². The summed E-state index contributed by atoms with van der Waals surface area (Å²) in [6.45, 7) is -0.387. The normalized spacial score (nSPS) is 11.0. The zero-order valence-corrected chi connectivity index (χ0v) is 16.7. The van der Waals surface area contributed by atoms with Crippen LogP contribution < -0.4 is 19.5 Å². The van der Waals surface area contributed by atoms with Crippen molar-refractivity contribution in [2.24, 2.45) is 0 Å². The third-order valence-electron chi connectivity index (χ3n) is 3.44. The summed E-state index contributed by atoms with van der Waals surface area (Å²) in [5.41, 5.74) is 1.03. The second-order valence-electron chi connectivity index (χ2n) is 5.29. The lowest BCUT2D eigenvalue weighted by Gasteiger charge is -2.12. The maximum Gasteiger partial charge on any atom is 0.239 e. The third kappa shape index (κ3) is 5.72. The highest BCUT2D eigenvalue weighted by Gasteiger charge is 2.16. The lowest BCUT2D eigenvalue weighted by molar-refractivity contribution is -0.115. The lowest BCUT2D eigenvalue weighted by atomic mass is 10.2. The van der Waals surface area contributed by atoms with Crippen molar-refractivity contribution < 1.29 is 22.7 Å². The first kappa shape index (κ1) is 20.2. The first-order valence-corrected chi connectivity index (χ1v) is 10.0. The average molecular weight is 443 g/mol. The number of carbonyl (C=O) groups excluding carboxylic acids is 1. The van der Waals surface area contributed by atoms with Crippen molar-refractivity contribution in [2.45, 2.75) is 5.75 Å². The number of ether oxygens (including phenoxy) is 2. The summed E-state index contributed by atoms with van der Waals surface area (Å²) in [7, 11) is -0.679. The van der Waals surface area contributed by atoms with E-state index in [4.69, 9.17) is 9.47 Å². The highest BCUT2D eigenvalue weighted by atomic mass is 79.9. The van der Waals surface area contributed by atoms with Crippen LogP contribution in [0.15, 0.2) is 46.9 Å². The lowest BCUT2D eigenvalue weighted by Crippen LogP contribution is -2.33. The highest BCUT2D eigenvalue weighted by molar-refractivity contribution is 9.10. The Morgan fingerprint density at radius 3 is 2.50 bits per heavy atom. The van der Waals surface area contributed by atoms with Gasteiger partial charge in [0.2, 0.25) is 15.9 Å². The van der Waals surface area contributed by atoms with E-state index >= 15 is 0 Å². The molecule has 26 heavy (non-hydrogen) atoms. The monoisotopic (exact) mass is 442 g/mol. The summed E-state index contributed by atoms with van der Waals surface area (Å²) >= 11 is 3.31. The Balaban J connectivity index is 1.97. The number of rotatable bonds is 8. The van der Waals surface area contributed by atoms with Crippen LogP contribution in [0.1, 0.15) is 5.56 Å². The third-order valence-corrected chi connectivity index (χ3v) is 5.49. The molecule has 2 aromatic rings. The number of hydrogen-bond acceptors (Lipinski definition) is 5. The fraction of sp³-hybridized carbons (Fsp3) is 0.235. The summed E-state index contributed by atoms with van der Waals surface area (Å²) in [6.07, 6.45) is 0. The minimum atomic E-state index is -3.66. The van der Waals surface area contributed by atoms with Gasteiger partial charge in [-0.3, -0.25) is 4.79 Å². The molecule has 2 aromatic carbocycles. The van der Waals surface area contributed by atoms with Crippen molar-refractivity contribution in [3.05, 3.63) is 52.5 Å². The second-order valence-corrected chi connectivity index (χ2v) is 7.95. The first-order valence-electron chi connectivity index (χ1n) is 7.57. The Labute approximate surface area is 160 Å². The summed E-state index contributed by atoms with van der Waals surface area (Å²) in [5, 5.41) is 2.60. The Bertz CT molecular complexity index is 886. The molecular weight excluding hydrogens is 424 g/mol. The molecule has 0 radical (unpaired) electrons. The van der Waals surface area contributed by atoms with E-state index in [0.717, 1.165) is 0 Å².